The van der Waals surface area contributed by atoms with Crippen LogP contribution in [-0.2, 0) is 20.9 Å². The smallest absolute Gasteiger partial charge is 0.326 e. The summed E-state index contributed by atoms with van der Waals surface area (Å²) < 4.78 is 6.02. The lowest BCUT2D eigenvalue weighted by molar-refractivity contribution is -0.147. The molecule has 0 aliphatic heterocycles. The highest BCUT2D eigenvalue weighted by molar-refractivity contribution is 5.92. The zero-order chi connectivity index (χ0) is 19.2. The number of benzene rings is 2. The van der Waals surface area contributed by atoms with Gasteiger partial charge in [-0.3, -0.25) is 19.0 Å². The number of ether oxygens (including phenoxy) is 1. The number of hydrogen-bond acceptors (Lipinski definition) is 6. The van der Waals surface area contributed by atoms with E-state index < -0.39 is 18.5 Å². The summed E-state index contributed by atoms with van der Waals surface area (Å²) in [5.74, 6) is -1.29. The first-order valence-corrected chi connectivity index (χ1v) is 7.96. The number of para-hydroxylation sites is 1. The molecule has 0 unspecified atom stereocenters. The average molecular weight is 362 g/mol. The maximum atomic E-state index is 12.3. The lowest BCUT2D eigenvalue weighted by Gasteiger charge is -2.08. The van der Waals surface area contributed by atoms with E-state index in [1.807, 2.05) is 6.07 Å². The minimum absolute atomic E-state index is 0.353. The van der Waals surface area contributed by atoms with Gasteiger partial charge in [-0.05, 0) is 30.3 Å². The van der Waals surface area contributed by atoms with Gasteiger partial charge in [-0.25, -0.2) is 4.98 Å². The van der Waals surface area contributed by atoms with E-state index in [1.54, 1.807) is 42.5 Å². The standard InChI is InChI=1S/C19H14N4O4/c20-9-13-4-3-5-14(8-13)22-17(24)11-27-18(25)10-23-12-21-16-7-2-1-6-15(16)19(23)26/h1-8,12H,10-11H2,(H,22,24). The zero-order valence-electron chi connectivity index (χ0n) is 14.1. The Labute approximate surface area is 153 Å². The normalized spacial score (nSPS) is 10.2. The Bertz CT molecular complexity index is 1110. The van der Waals surface area contributed by atoms with Crippen LogP contribution < -0.4 is 10.9 Å². The third-order valence-corrected chi connectivity index (χ3v) is 3.67. The number of nitrogens with zero attached hydrogens (tertiary/aromatic N) is 3. The SMILES string of the molecule is N#Cc1cccc(NC(=O)COC(=O)Cn2cnc3ccccc3c2=O)c1. The number of carbonyl (C=O) groups is 2. The summed E-state index contributed by atoms with van der Waals surface area (Å²) in [6.07, 6.45) is 1.26. The number of amides is 1. The molecule has 0 aliphatic carbocycles. The number of anilines is 1. The van der Waals surface area contributed by atoms with Crippen molar-refractivity contribution >= 4 is 28.5 Å². The highest BCUT2D eigenvalue weighted by atomic mass is 16.5. The molecule has 1 amide bonds. The second kappa shape index (κ2) is 7.93. The lowest BCUT2D eigenvalue weighted by Crippen LogP contribution is -2.28. The molecule has 3 aromatic rings. The topological polar surface area (TPSA) is 114 Å². The third kappa shape index (κ3) is 4.35. The molecule has 0 spiro atoms. The van der Waals surface area contributed by atoms with Crippen LogP contribution in [-0.4, -0.2) is 28.0 Å². The molecule has 3 rings (SSSR count). The fourth-order valence-electron chi connectivity index (χ4n) is 2.41. The van der Waals surface area contributed by atoms with Gasteiger partial charge in [0.25, 0.3) is 11.5 Å². The van der Waals surface area contributed by atoms with Crippen LogP contribution in [0.15, 0.2) is 59.7 Å². The number of hydrogen-bond donors (Lipinski definition) is 1. The van der Waals surface area contributed by atoms with E-state index in [0.717, 1.165) is 4.57 Å². The Morgan fingerprint density at radius 1 is 1.19 bits per heavy atom. The molecule has 0 saturated heterocycles. The molecule has 0 radical (unpaired) electrons. The molecule has 0 saturated carbocycles. The summed E-state index contributed by atoms with van der Waals surface area (Å²) in [6, 6.07) is 15.1. The van der Waals surface area contributed by atoms with Gasteiger partial charge in [-0.1, -0.05) is 18.2 Å². The van der Waals surface area contributed by atoms with Gasteiger partial charge in [-0.2, -0.15) is 5.26 Å². The van der Waals surface area contributed by atoms with Crippen LogP contribution in [0.1, 0.15) is 5.56 Å². The maximum Gasteiger partial charge on any atom is 0.326 e. The molecule has 8 heteroatoms. The second-order valence-electron chi connectivity index (χ2n) is 5.60. The molecule has 0 bridgehead atoms. The number of rotatable bonds is 5. The summed E-state index contributed by atoms with van der Waals surface area (Å²) in [4.78, 5) is 40.2. The van der Waals surface area contributed by atoms with E-state index in [-0.39, 0.29) is 12.1 Å². The minimum Gasteiger partial charge on any atom is -0.454 e. The lowest BCUT2D eigenvalue weighted by atomic mass is 10.2. The molecule has 1 heterocycles. The molecule has 0 aliphatic rings. The van der Waals surface area contributed by atoms with Gasteiger partial charge in [0, 0.05) is 5.69 Å². The second-order valence-corrected chi connectivity index (χ2v) is 5.60. The molecule has 1 N–H and O–H groups in total. The molecule has 1 aromatic heterocycles. The number of carbonyl (C=O) groups excluding carboxylic acids is 2. The number of nitrogens with one attached hydrogen (secondary N) is 1. The van der Waals surface area contributed by atoms with E-state index in [2.05, 4.69) is 10.3 Å². The maximum absolute atomic E-state index is 12.3. The minimum atomic E-state index is -0.741. The van der Waals surface area contributed by atoms with E-state index in [1.165, 1.54) is 12.4 Å². The van der Waals surface area contributed by atoms with Crippen LogP contribution in [0.2, 0.25) is 0 Å². The number of aromatic nitrogens is 2. The van der Waals surface area contributed by atoms with Crippen molar-refractivity contribution in [2.45, 2.75) is 6.54 Å². The highest BCUT2D eigenvalue weighted by Gasteiger charge is 2.11. The van der Waals surface area contributed by atoms with E-state index in [0.29, 0.717) is 22.2 Å². The number of fused-ring (bicyclic) bond motifs is 1. The molecule has 2 aromatic carbocycles. The van der Waals surface area contributed by atoms with Crippen LogP contribution in [0.4, 0.5) is 5.69 Å². The molecule has 8 nitrogen and oxygen atoms in total. The fourth-order valence-corrected chi connectivity index (χ4v) is 2.41. The van der Waals surface area contributed by atoms with Crippen LogP contribution in [0.5, 0.6) is 0 Å². The Morgan fingerprint density at radius 2 is 2.00 bits per heavy atom. The molecular weight excluding hydrogens is 348 g/mol. The first-order valence-electron chi connectivity index (χ1n) is 7.96. The molecule has 0 fully saturated rings. The summed E-state index contributed by atoms with van der Waals surface area (Å²) >= 11 is 0. The van der Waals surface area contributed by atoms with Crippen molar-refractivity contribution in [2.75, 3.05) is 11.9 Å². The van der Waals surface area contributed by atoms with Crippen molar-refractivity contribution in [2.24, 2.45) is 0 Å². The molecule has 27 heavy (non-hydrogen) atoms. The molecule has 134 valence electrons. The van der Waals surface area contributed by atoms with Crippen molar-refractivity contribution in [1.82, 2.24) is 9.55 Å². The summed E-state index contributed by atoms with van der Waals surface area (Å²) in [5.41, 5.74) is 0.986. The van der Waals surface area contributed by atoms with Crippen molar-refractivity contribution in [3.63, 3.8) is 0 Å². The summed E-state index contributed by atoms with van der Waals surface area (Å²) in [6.45, 7) is -0.862. The van der Waals surface area contributed by atoms with Crippen LogP contribution in [0, 0.1) is 11.3 Å². The fraction of sp³-hybridized carbons (Fsp3) is 0.105. The average Bonchev–Trinajstić information content (AvgIpc) is 2.69. The van der Waals surface area contributed by atoms with Gasteiger partial charge in [0.1, 0.15) is 6.54 Å². The zero-order valence-corrected chi connectivity index (χ0v) is 14.1. The van der Waals surface area contributed by atoms with Crippen LogP contribution in [0.3, 0.4) is 0 Å². The molecular formula is C19H14N4O4. The summed E-state index contributed by atoms with van der Waals surface area (Å²) in [5, 5.41) is 11.8. The van der Waals surface area contributed by atoms with Crippen molar-refractivity contribution in [3.8, 4) is 6.07 Å². The first kappa shape index (κ1) is 17.8. The Kier molecular flexibility index (Phi) is 5.23. The van der Waals surface area contributed by atoms with Gasteiger partial charge in [0.05, 0.1) is 28.9 Å². The highest BCUT2D eigenvalue weighted by Crippen LogP contribution is 2.09. The molecule has 0 atom stereocenters. The third-order valence-electron chi connectivity index (χ3n) is 3.67. The van der Waals surface area contributed by atoms with Crippen LogP contribution in [0.25, 0.3) is 10.9 Å². The van der Waals surface area contributed by atoms with E-state index in [4.69, 9.17) is 10.00 Å². The quantitative estimate of drug-likeness (QED) is 0.687. The van der Waals surface area contributed by atoms with Gasteiger partial charge in [0.2, 0.25) is 0 Å². The van der Waals surface area contributed by atoms with E-state index >= 15 is 0 Å². The van der Waals surface area contributed by atoms with Gasteiger partial charge in [0.15, 0.2) is 6.61 Å². The van der Waals surface area contributed by atoms with E-state index in [9.17, 15) is 14.4 Å². The Morgan fingerprint density at radius 3 is 2.81 bits per heavy atom. The van der Waals surface area contributed by atoms with Gasteiger partial charge >= 0.3 is 5.97 Å². The van der Waals surface area contributed by atoms with Crippen molar-refractivity contribution in [1.29, 1.82) is 5.26 Å². The van der Waals surface area contributed by atoms with Gasteiger partial charge in [-0.15, -0.1) is 0 Å². The number of nitriles is 1. The first-order chi connectivity index (χ1) is 13.1. The monoisotopic (exact) mass is 362 g/mol. The van der Waals surface area contributed by atoms with Crippen molar-refractivity contribution in [3.05, 3.63) is 70.8 Å². The Hall–Kier alpha value is -3.99. The Balaban J connectivity index is 1.58. The van der Waals surface area contributed by atoms with Gasteiger partial charge < -0.3 is 10.1 Å². The van der Waals surface area contributed by atoms with Crippen LogP contribution >= 0.6 is 0 Å². The van der Waals surface area contributed by atoms with Crippen molar-refractivity contribution < 1.29 is 14.3 Å². The summed E-state index contributed by atoms with van der Waals surface area (Å²) in [7, 11) is 0. The largest absolute Gasteiger partial charge is 0.454 e. The number of esters is 1. The predicted molar refractivity (Wildman–Crippen MR) is 96.7 cm³/mol. The predicted octanol–water partition coefficient (Wildman–Crippen LogP) is 1.45.